The normalized spacial score (nSPS) is 11.8. The van der Waals surface area contributed by atoms with Crippen LogP contribution in [0.2, 0.25) is 0 Å². The Kier molecular flexibility index (Phi) is 6.96. The van der Waals surface area contributed by atoms with Crippen LogP contribution in [0.5, 0.6) is 0 Å². The highest BCUT2D eigenvalue weighted by Crippen LogP contribution is 2.21. The molecule has 1 atom stereocenters. The van der Waals surface area contributed by atoms with Crippen LogP contribution in [0, 0.1) is 6.92 Å². The highest BCUT2D eigenvalue weighted by Gasteiger charge is 2.19. The van der Waals surface area contributed by atoms with Gasteiger partial charge in [-0.1, -0.05) is 30.3 Å². The van der Waals surface area contributed by atoms with Gasteiger partial charge in [0.15, 0.2) is 0 Å². The summed E-state index contributed by atoms with van der Waals surface area (Å²) >= 11 is 0. The van der Waals surface area contributed by atoms with Gasteiger partial charge < -0.3 is 20.4 Å². The van der Waals surface area contributed by atoms with Crippen LogP contribution in [-0.4, -0.2) is 51.4 Å². The van der Waals surface area contributed by atoms with Crippen molar-refractivity contribution in [2.75, 3.05) is 45.0 Å². The molecule has 0 heterocycles. The van der Waals surface area contributed by atoms with E-state index in [2.05, 4.69) is 10.6 Å². The van der Waals surface area contributed by atoms with E-state index in [0.29, 0.717) is 12.2 Å². The maximum atomic E-state index is 12.2. The number of hydrogen-bond donors (Lipinski definition) is 2. The summed E-state index contributed by atoms with van der Waals surface area (Å²) in [5.74, 6) is -1.31. The molecular formula is C21H28N4O2. The summed E-state index contributed by atoms with van der Waals surface area (Å²) in [4.78, 5) is 28.4. The summed E-state index contributed by atoms with van der Waals surface area (Å²) in [6.07, 6.45) is 0. The van der Waals surface area contributed by atoms with Gasteiger partial charge in [0, 0.05) is 32.0 Å². The van der Waals surface area contributed by atoms with Crippen molar-refractivity contribution in [2.24, 2.45) is 0 Å². The molecule has 0 saturated heterocycles. The number of aryl methyl sites for hydroxylation is 1. The van der Waals surface area contributed by atoms with Gasteiger partial charge in [0.2, 0.25) is 0 Å². The van der Waals surface area contributed by atoms with Crippen molar-refractivity contribution in [3.05, 3.63) is 59.7 Å². The average molecular weight is 368 g/mol. The largest absolute Gasteiger partial charge is 0.378 e. The van der Waals surface area contributed by atoms with Crippen LogP contribution in [0.15, 0.2) is 48.5 Å². The topological polar surface area (TPSA) is 64.7 Å². The lowest BCUT2D eigenvalue weighted by molar-refractivity contribution is -0.136. The zero-order chi connectivity index (χ0) is 20.0. The minimum atomic E-state index is -0.662. The maximum absolute atomic E-state index is 12.2. The predicted molar refractivity (Wildman–Crippen MR) is 110 cm³/mol. The number of nitrogens with zero attached hydrogens (tertiary/aromatic N) is 2. The first kappa shape index (κ1) is 20.5. The number of benzene rings is 2. The highest BCUT2D eigenvalue weighted by atomic mass is 16.2. The molecule has 6 heteroatoms. The van der Waals surface area contributed by atoms with E-state index in [1.165, 1.54) is 0 Å². The van der Waals surface area contributed by atoms with Crippen molar-refractivity contribution >= 4 is 23.2 Å². The van der Waals surface area contributed by atoms with Gasteiger partial charge in [0.1, 0.15) is 0 Å². The minimum Gasteiger partial charge on any atom is -0.378 e. The molecule has 0 fully saturated rings. The van der Waals surface area contributed by atoms with Crippen LogP contribution in [0.25, 0.3) is 0 Å². The molecule has 144 valence electrons. The van der Waals surface area contributed by atoms with E-state index in [1.54, 1.807) is 6.07 Å². The Bertz CT molecular complexity index is 785. The number of rotatable bonds is 6. The Hall–Kier alpha value is -2.86. The fourth-order valence-corrected chi connectivity index (χ4v) is 2.76. The maximum Gasteiger partial charge on any atom is 0.313 e. The lowest BCUT2D eigenvalue weighted by Gasteiger charge is -2.25. The predicted octanol–water partition coefficient (Wildman–Crippen LogP) is 2.42. The van der Waals surface area contributed by atoms with E-state index in [1.807, 2.05) is 87.4 Å². The second kappa shape index (κ2) is 9.19. The molecule has 27 heavy (non-hydrogen) atoms. The van der Waals surface area contributed by atoms with E-state index < -0.39 is 11.8 Å². The quantitative estimate of drug-likeness (QED) is 0.769. The summed E-state index contributed by atoms with van der Waals surface area (Å²) in [6, 6.07) is 15.5. The third-order valence-electron chi connectivity index (χ3n) is 4.47. The van der Waals surface area contributed by atoms with Crippen molar-refractivity contribution in [3.8, 4) is 0 Å². The number of hydrogen-bond acceptors (Lipinski definition) is 4. The van der Waals surface area contributed by atoms with E-state index >= 15 is 0 Å². The molecule has 2 N–H and O–H groups in total. The third kappa shape index (κ3) is 5.56. The Balaban J connectivity index is 1.99. The first-order valence-corrected chi connectivity index (χ1v) is 8.88. The first-order chi connectivity index (χ1) is 12.8. The summed E-state index contributed by atoms with van der Waals surface area (Å²) in [7, 11) is 7.88. The number of para-hydroxylation sites is 1. The molecule has 0 unspecified atom stereocenters. The molecule has 0 radical (unpaired) electrons. The summed E-state index contributed by atoms with van der Waals surface area (Å²) in [6.45, 7) is 2.22. The van der Waals surface area contributed by atoms with Crippen LogP contribution < -0.4 is 15.5 Å². The molecule has 2 rings (SSSR count). The van der Waals surface area contributed by atoms with Crippen LogP contribution in [0.3, 0.4) is 0 Å². The Morgan fingerprint density at radius 1 is 0.926 bits per heavy atom. The molecule has 0 aromatic heterocycles. The SMILES string of the molecule is Cc1ccccc1NC(=O)C(=O)NC[C@@H](c1ccc(N(C)C)cc1)N(C)C. The monoisotopic (exact) mass is 368 g/mol. The molecule has 6 nitrogen and oxygen atoms in total. The molecule has 0 aliphatic heterocycles. The number of nitrogens with one attached hydrogen (secondary N) is 2. The van der Waals surface area contributed by atoms with E-state index in [-0.39, 0.29) is 6.04 Å². The minimum absolute atomic E-state index is 0.0311. The summed E-state index contributed by atoms with van der Waals surface area (Å²) < 4.78 is 0. The molecule has 0 spiro atoms. The molecule has 2 aromatic rings. The van der Waals surface area contributed by atoms with Gasteiger partial charge in [-0.15, -0.1) is 0 Å². The van der Waals surface area contributed by atoms with Crippen molar-refractivity contribution < 1.29 is 9.59 Å². The molecular weight excluding hydrogens is 340 g/mol. The van der Waals surface area contributed by atoms with Crippen LogP contribution in [-0.2, 0) is 9.59 Å². The zero-order valence-electron chi connectivity index (χ0n) is 16.6. The van der Waals surface area contributed by atoms with Crippen LogP contribution in [0.4, 0.5) is 11.4 Å². The van der Waals surface area contributed by atoms with E-state index in [4.69, 9.17) is 0 Å². The highest BCUT2D eigenvalue weighted by molar-refractivity contribution is 6.39. The number of amides is 2. The molecule has 0 saturated carbocycles. The summed E-state index contributed by atoms with van der Waals surface area (Å²) in [5, 5.41) is 5.39. The third-order valence-corrected chi connectivity index (χ3v) is 4.47. The van der Waals surface area contributed by atoms with Crippen LogP contribution in [0.1, 0.15) is 17.2 Å². The number of likely N-dealkylation sites (N-methyl/N-ethyl adjacent to an activating group) is 1. The molecule has 0 aliphatic rings. The Labute approximate surface area is 161 Å². The summed E-state index contributed by atoms with van der Waals surface area (Å²) in [5.41, 5.74) is 3.73. The zero-order valence-corrected chi connectivity index (χ0v) is 16.6. The fourth-order valence-electron chi connectivity index (χ4n) is 2.76. The van der Waals surface area contributed by atoms with Crippen molar-refractivity contribution in [3.63, 3.8) is 0 Å². The smallest absolute Gasteiger partial charge is 0.313 e. The van der Waals surface area contributed by atoms with E-state index in [9.17, 15) is 9.59 Å². The van der Waals surface area contributed by atoms with Crippen molar-refractivity contribution in [1.29, 1.82) is 0 Å². The van der Waals surface area contributed by atoms with Crippen LogP contribution >= 0.6 is 0 Å². The second-order valence-corrected chi connectivity index (χ2v) is 6.94. The fraction of sp³-hybridized carbons (Fsp3) is 0.333. The number of anilines is 2. The van der Waals surface area contributed by atoms with Gasteiger partial charge in [0.25, 0.3) is 0 Å². The van der Waals surface area contributed by atoms with Crippen molar-refractivity contribution in [2.45, 2.75) is 13.0 Å². The van der Waals surface area contributed by atoms with Gasteiger partial charge >= 0.3 is 11.8 Å². The lowest BCUT2D eigenvalue weighted by atomic mass is 10.1. The van der Waals surface area contributed by atoms with Gasteiger partial charge in [-0.25, -0.2) is 0 Å². The molecule has 2 amide bonds. The van der Waals surface area contributed by atoms with E-state index in [0.717, 1.165) is 16.8 Å². The Morgan fingerprint density at radius 2 is 1.56 bits per heavy atom. The van der Waals surface area contributed by atoms with Gasteiger partial charge in [-0.2, -0.15) is 0 Å². The van der Waals surface area contributed by atoms with Gasteiger partial charge in [-0.05, 0) is 50.3 Å². The Morgan fingerprint density at radius 3 is 2.11 bits per heavy atom. The number of carbonyl (C=O) groups excluding carboxylic acids is 2. The average Bonchev–Trinajstić information content (AvgIpc) is 2.63. The van der Waals surface area contributed by atoms with Gasteiger partial charge in [0.05, 0.1) is 6.04 Å². The lowest BCUT2D eigenvalue weighted by Crippen LogP contribution is -2.40. The molecule has 0 bridgehead atoms. The second-order valence-electron chi connectivity index (χ2n) is 6.94. The molecule has 2 aromatic carbocycles. The number of carbonyl (C=O) groups is 2. The van der Waals surface area contributed by atoms with Crippen molar-refractivity contribution in [1.82, 2.24) is 10.2 Å². The standard InChI is InChI=1S/C21H28N4O2/c1-15-8-6-7-9-18(15)23-21(27)20(26)22-14-19(25(4)5)16-10-12-17(13-11-16)24(2)3/h6-13,19H,14H2,1-5H3,(H,22,26)(H,23,27)/t19-/m0/s1. The first-order valence-electron chi connectivity index (χ1n) is 8.88. The molecule has 0 aliphatic carbocycles. The van der Waals surface area contributed by atoms with Gasteiger partial charge in [-0.3, -0.25) is 9.59 Å².